The van der Waals surface area contributed by atoms with E-state index < -0.39 is 0 Å². The Bertz CT molecular complexity index is 695. The average Bonchev–Trinajstić information content (AvgIpc) is 3.44. The molecule has 0 spiro atoms. The molecule has 4 heteroatoms. The van der Waals surface area contributed by atoms with Gasteiger partial charge in [0.05, 0.1) is 5.92 Å². The fraction of sp³-hybridized carbons (Fsp3) is 0.524. The monoisotopic (exact) mass is 340 g/mol. The van der Waals surface area contributed by atoms with Gasteiger partial charge in [0.25, 0.3) is 0 Å². The minimum atomic E-state index is 0.0400. The second kappa shape index (κ2) is 6.66. The quantitative estimate of drug-likeness (QED) is 0.772. The molecule has 134 valence electrons. The van der Waals surface area contributed by atoms with Crippen LogP contribution in [0.25, 0.3) is 0 Å². The van der Waals surface area contributed by atoms with Gasteiger partial charge in [0.15, 0.2) is 0 Å². The highest BCUT2D eigenvalue weighted by atomic mass is 16.2. The van der Waals surface area contributed by atoms with E-state index in [1.807, 2.05) is 24.3 Å². The van der Waals surface area contributed by atoms with Gasteiger partial charge in [-0.25, -0.2) is 0 Å². The lowest BCUT2D eigenvalue weighted by Gasteiger charge is -2.08. The maximum absolute atomic E-state index is 12.5. The van der Waals surface area contributed by atoms with Crippen molar-refractivity contribution in [2.75, 3.05) is 5.32 Å². The molecule has 25 heavy (non-hydrogen) atoms. The van der Waals surface area contributed by atoms with E-state index in [4.69, 9.17) is 0 Å². The molecule has 1 aromatic carbocycles. The summed E-state index contributed by atoms with van der Waals surface area (Å²) < 4.78 is 0. The number of hydrogen-bond donors (Lipinski definition) is 2. The minimum absolute atomic E-state index is 0.0400. The number of amides is 2. The van der Waals surface area contributed by atoms with Crippen molar-refractivity contribution in [2.24, 2.45) is 23.2 Å². The van der Waals surface area contributed by atoms with Crippen molar-refractivity contribution in [1.29, 1.82) is 0 Å². The molecule has 4 nitrogen and oxygen atoms in total. The van der Waals surface area contributed by atoms with Gasteiger partial charge in [0, 0.05) is 18.2 Å². The lowest BCUT2D eigenvalue weighted by molar-refractivity contribution is -0.123. The molecule has 0 bridgehead atoms. The molecule has 0 aliphatic heterocycles. The normalized spacial score (nSPS) is 23.5. The third-order valence-corrected chi connectivity index (χ3v) is 5.34. The van der Waals surface area contributed by atoms with E-state index >= 15 is 0 Å². The Morgan fingerprint density at radius 2 is 1.76 bits per heavy atom. The largest absolute Gasteiger partial charge is 0.352 e. The number of allylic oxidation sites excluding steroid dienone is 2. The van der Waals surface area contributed by atoms with E-state index in [9.17, 15) is 9.59 Å². The Morgan fingerprint density at radius 1 is 1.12 bits per heavy atom. The van der Waals surface area contributed by atoms with Gasteiger partial charge in [-0.1, -0.05) is 37.6 Å². The Morgan fingerprint density at radius 3 is 2.32 bits per heavy atom. The Labute approximate surface area is 150 Å². The summed E-state index contributed by atoms with van der Waals surface area (Å²) in [6.07, 6.45) is 4.21. The standard InChI is InChI=1S/C21H28N2O2/c1-13(2)11-17-18(21(17,3)4)20(25)22-12-14-5-9-16(10-6-14)23-19(24)15-7-8-15/h5-6,9-11,15,17-18H,7-8,12H2,1-4H3,(H,22,25)(H,23,24)/t17-,18+/m1/s1. The number of anilines is 1. The van der Waals surface area contributed by atoms with Crippen LogP contribution in [-0.2, 0) is 16.1 Å². The molecule has 0 aromatic heterocycles. The highest BCUT2D eigenvalue weighted by Crippen LogP contribution is 2.59. The maximum Gasteiger partial charge on any atom is 0.227 e. The number of hydrogen-bond acceptors (Lipinski definition) is 2. The second-order valence-corrected chi connectivity index (χ2v) is 8.25. The maximum atomic E-state index is 12.5. The van der Waals surface area contributed by atoms with Crippen LogP contribution in [0.4, 0.5) is 5.69 Å². The summed E-state index contributed by atoms with van der Waals surface area (Å²) in [4.78, 5) is 24.2. The summed E-state index contributed by atoms with van der Waals surface area (Å²) in [6.45, 7) is 8.97. The smallest absolute Gasteiger partial charge is 0.227 e. The molecule has 2 aliphatic rings. The van der Waals surface area contributed by atoms with Gasteiger partial charge in [-0.15, -0.1) is 0 Å². The van der Waals surface area contributed by atoms with Crippen LogP contribution >= 0.6 is 0 Å². The fourth-order valence-corrected chi connectivity index (χ4v) is 3.44. The number of benzene rings is 1. The molecule has 0 radical (unpaired) electrons. The zero-order chi connectivity index (χ0) is 18.2. The molecule has 2 aliphatic carbocycles. The Kier molecular flexibility index (Phi) is 4.72. The lowest BCUT2D eigenvalue weighted by atomic mass is 10.1. The number of carbonyl (C=O) groups is 2. The summed E-state index contributed by atoms with van der Waals surface area (Å²) in [6, 6.07) is 7.70. The lowest BCUT2D eigenvalue weighted by Crippen LogP contribution is -2.26. The first-order valence-corrected chi connectivity index (χ1v) is 9.11. The first-order chi connectivity index (χ1) is 11.8. The molecule has 0 saturated heterocycles. The zero-order valence-electron chi connectivity index (χ0n) is 15.6. The van der Waals surface area contributed by atoms with E-state index in [1.54, 1.807) is 0 Å². The molecule has 0 unspecified atom stereocenters. The number of nitrogens with one attached hydrogen (secondary N) is 2. The van der Waals surface area contributed by atoms with E-state index in [1.165, 1.54) is 5.57 Å². The van der Waals surface area contributed by atoms with Crippen LogP contribution in [0, 0.1) is 23.2 Å². The highest BCUT2D eigenvalue weighted by molar-refractivity contribution is 5.94. The third kappa shape index (κ3) is 4.12. The first kappa shape index (κ1) is 17.7. The van der Waals surface area contributed by atoms with Crippen LogP contribution in [-0.4, -0.2) is 11.8 Å². The van der Waals surface area contributed by atoms with Gasteiger partial charge in [-0.3, -0.25) is 9.59 Å². The van der Waals surface area contributed by atoms with Crippen molar-refractivity contribution in [3.8, 4) is 0 Å². The molecule has 2 atom stereocenters. The van der Waals surface area contributed by atoms with Gasteiger partial charge in [0.2, 0.25) is 11.8 Å². The summed E-state index contributed by atoms with van der Waals surface area (Å²) in [7, 11) is 0. The number of rotatable bonds is 6. The van der Waals surface area contributed by atoms with Crippen molar-refractivity contribution in [1.82, 2.24) is 5.32 Å². The summed E-state index contributed by atoms with van der Waals surface area (Å²) in [5, 5.41) is 5.98. The van der Waals surface area contributed by atoms with E-state index in [2.05, 4.69) is 44.4 Å². The summed E-state index contributed by atoms with van der Waals surface area (Å²) in [5.74, 6) is 0.826. The molecule has 2 fully saturated rings. The van der Waals surface area contributed by atoms with E-state index in [-0.39, 0.29) is 29.1 Å². The van der Waals surface area contributed by atoms with Gasteiger partial charge in [-0.2, -0.15) is 0 Å². The van der Waals surface area contributed by atoms with Gasteiger partial charge in [-0.05, 0) is 55.7 Å². The van der Waals surface area contributed by atoms with Crippen molar-refractivity contribution < 1.29 is 9.59 Å². The fourth-order valence-electron chi connectivity index (χ4n) is 3.44. The van der Waals surface area contributed by atoms with Crippen molar-refractivity contribution in [3.63, 3.8) is 0 Å². The molecular formula is C21H28N2O2. The molecule has 1 aromatic rings. The molecule has 2 N–H and O–H groups in total. The predicted octanol–water partition coefficient (Wildman–Crippen LogP) is 3.89. The zero-order valence-corrected chi connectivity index (χ0v) is 15.6. The topological polar surface area (TPSA) is 58.2 Å². The van der Waals surface area contributed by atoms with E-state index in [0.29, 0.717) is 12.5 Å². The van der Waals surface area contributed by atoms with Crippen LogP contribution < -0.4 is 10.6 Å². The molecule has 3 rings (SSSR count). The average molecular weight is 340 g/mol. The SMILES string of the molecule is CC(C)=C[C@@H]1[C@@H](C(=O)NCc2ccc(NC(=O)C3CC3)cc2)C1(C)C. The van der Waals surface area contributed by atoms with Crippen LogP contribution in [0.2, 0.25) is 0 Å². The highest BCUT2D eigenvalue weighted by Gasteiger charge is 2.60. The molecule has 2 saturated carbocycles. The molecule has 0 heterocycles. The van der Waals surface area contributed by atoms with Gasteiger partial charge in [0.1, 0.15) is 0 Å². The first-order valence-electron chi connectivity index (χ1n) is 9.11. The molecular weight excluding hydrogens is 312 g/mol. The van der Waals surface area contributed by atoms with Crippen molar-refractivity contribution >= 4 is 17.5 Å². The number of carbonyl (C=O) groups excluding carboxylic acids is 2. The van der Waals surface area contributed by atoms with Crippen LogP contribution in [0.15, 0.2) is 35.9 Å². The minimum Gasteiger partial charge on any atom is -0.352 e. The van der Waals surface area contributed by atoms with Crippen molar-refractivity contribution in [3.05, 3.63) is 41.5 Å². The Hall–Kier alpha value is -2.10. The van der Waals surface area contributed by atoms with Crippen LogP contribution in [0.3, 0.4) is 0 Å². The summed E-state index contributed by atoms with van der Waals surface area (Å²) >= 11 is 0. The van der Waals surface area contributed by atoms with E-state index in [0.717, 1.165) is 24.1 Å². The van der Waals surface area contributed by atoms with Gasteiger partial charge >= 0.3 is 0 Å². The predicted molar refractivity (Wildman–Crippen MR) is 99.8 cm³/mol. The third-order valence-electron chi connectivity index (χ3n) is 5.34. The van der Waals surface area contributed by atoms with Crippen LogP contribution in [0.5, 0.6) is 0 Å². The molecule has 2 amide bonds. The Balaban J connectivity index is 1.50. The van der Waals surface area contributed by atoms with Crippen molar-refractivity contribution in [2.45, 2.75) is 47.1 Å². The second-order valence-electron chi connectivity index (χ2n) is 8.25. The van der Waals surface area contributed by atoms with Gasteiger partial charge < -0.3 is 10.6 Å². The van der Waals surface area contributed by atoms with Crippen LogP contribution in [0.1, 0.15) is 46.1 Å². The summed E-state index contributed by atoms with van der Waals surface area (Å²) in [5.41, 5.74) is 3.16.